The van der Waals surface area contributed by atoms with E-state index in [1.54, 1.807) is 0 Å². The molecule has 2 unspecified atom stereocenters. The van der Waals surface area contributed by atoms with E-state index in [9.17, 15) is 4.79 Å². The Bertz CT molecular complexity index is 241. The lowest BCUT2D eigenvalue weighted by Crippen LogP contribution is -2.45. The van der Waals surface area contributed by atoms with E-state index in [1.807, 2.05) is 4.90 Å². The van der Waals surface area contributed by atoms with E-state index in [-0.39, 0.29) is 5.91 Å². The Morgan fingerprint density at radius 2 is 1.92 bits per heavy atom. The first-order valence-corrected chi connectivity index (χ1v) is 5.05. The lowest BCUT2D eigenvalue weighted by Gasteiger charge is -2.40. The van der Waals surface area contributed by atoms with Gasteiger partial charge >= 0.3 is 0 Å². The number of amides is 1. The van der Waals surface area contributed by atoms with Gasteiger partial charge in [0.15, 0.2) is 0 Å². The van der Waals surface area contributed by atoms with Crippen LogP contribution in [-0.2, 0) is 4.79 Å². The summed E-state index contributed by atoms with van der Waals surface area (Å²) in [5.41, 5.74) is 0. The Labute approximate surface area is 79.3 Å². The van der Waals surface area contributed by atoms with Crippen molar-refractivity contribution < 1.29 is 4.79 Å². The molecule has 0 radical (unpaired) electrons. The van der Waals surface area contributed by atoms with Crippen molar-refractivity contribution in [2.75, 3.05) is 13.1 Å². The summed E-state index contributed by atoms with van der Waals surface area (Å²) < 4.78 is 0. The topological polar surface area (TPSA) is 20.3 Å². The number of hydrogen-bond acceptors (Lipinski definition) is 1. The third kappa shape index (κ3) is 1.70. The maximum Gasteiger partial charge on any atom is 0.298 e. The fourth-order valence-electron chi connectivity index (χ4n) is 2.69. The molecule has 1 saturated carbocycles. The van der Waals surface area contributed by atoms with Crippen LogP contribution in [-0.4, -0.2) is 23.9 Å². The van der Waals surface area contributed by atoms with Crippen LogP contribution in [0.5, 0.6) is 0 Å². The number of fused-ring (bicyclic) bond motifs is 2. The zero-order valence-electron chi connectivity index (χ0n) is 7.83. The van der Waals surface area contributed by atoms with Gasteiger partial charge in [-0.05, 0) is 37.0 Å². The fourth-order valence-corrected chi connectivity index (χ4v) is 2.69. The predicted octanol–water partition coefficient (Wildman–Crippen LogP) is 1.27. The number of carbonyl (C=O) groups excluding carboxylic acids is 1. The molecule has 0 aromatic rings. The van der Waals surface area contributed by atoms with Crippen LogP contribution in [0.2, 0.25) is 0 Å². The van der Waals surface area contributed by atoms with Crippen LogP contribution in [0.4, 0.5) is 0 Å². The van der Waals surface area contributed by atoms with Crippen LogP contribution >= 0.6 is 0 Å². The minimum atomic E-state index is -0.114. The molecule has 0 N–H and O–H groups in total. The molecule has 2 rings (SSSR count). The highest BCUT2D eigenvalue weighted by Crippen LogP contribution is 2.34. The van der Waals surface area contributed by atoms with E-state index < -0.39 is 0 Å². The van der Waals surface area contributed by atoms with Gasteiger partial charge in [0.25, 0.3) is 5.91 Å². The molecule has 13 heavy (non-hydrogen) atoms. The molecule has 1 heterocycles. The van der Waals surface area contributed by atoms with Gasteiger partial charge in [-0.1, -0.05) is 6.42 Å². The zero-order chi connectivity index (χ0) is 9.26. The molecular formula is C11H15NO. The van der Waals surface area contributed by atoms with Crippen molar-refractivity contribution in [2.45, 2.75) is 25.7 Å². The van der Waals surface area contributed by atoms with Crippen molar-refractivity contribution in [2.24, 2.45) is 11.8 Å². The minimum Gasteiger partial charge on any atom is -0.331 e. The lowest BCUT2D eigenvalue weighted by molar-refractivity contribution is -0.128. The molecule has 2 heteroatoms. The summed E-state index contributed by atoms with van der Waals surface area (Å²) in [4.78, 5) is 13.1. The van der Waals surface area contributed by atoms with Crippen molar-refractivity contribution in [3.8, 4) is 12.3 Å². The van der Waals surface area contributed by atoms with E-state index in [1.165, 1.54) is 25.7 Å². The quantitative estimate of drug-likeness (QED) is 0.510. The first kappa shape index (κ1) is 8.62. The first-order chi connectivity index (χ1) is 6.29. The molecule has 2 fully saturated rings. The SMILES string of the molecule is C#CC(=O)N1CC2CCCC(C2)C1. The van der Waals surface area contributed by atoms with Gasteiger partial charge in [0, 0.05) is 13.1 Å². The highest BCUT2D eigenvalue weighted by Gasteiger charge is 2.31. The maximum atomic E-state index is 11.3. The molecule has 2 bridgehead atoms. The summed E-state index contributed by atoms with van der Waals surface area (Å²) in [7, 11) is 0. The van der Waals surface area contributed by atoms with Gasteiger partial charge in [-0.3, -0.25) is 4.79 Å². The van der Waals surface area contributed by atoms with E-state index in [0.29, 0.717) is 0 Å². The first-order valence-electron chi connectivity index (χ1n) is 5.05. The molecule has 0 aromatic carbocycles. The number of terminal acetylenes is 1. The molecule has 2 atom stereocenters. The average molecular weight is 177 g/mol. The average Bonchev–Trinajstić information content (AvgIpc) is 2.16. The van der Waals surface area contributed by atoms with Gasteiger partial charge in [-0.25, -0.2) is 0 Å². The van der Waals surface area contributed by atoms with Gasteiger partial charge in [0.2, 0.25) is 0 Å². The third-order valence-corrected chi connectivity index (χ3v) is 3.26. The van der Waals surface area contributed by atoms with Gasteiger partial charge in [0.05, 0.1) is 0 Å². The van der Waals surface area contributed by atoms with Crippen LogP contribution in [0.15, 0.2) is 0 Å². The molecule has 1 aliphatic heterocycles. The van der Waals surface area contributed by atoms with Crippen molar-refractivity contribution in [3.63, 3.8) is 0 Å². The number of nitrogens with zero attached hydrogens (tertiary/aromatic N) is 1. The normalized spacial score (nSPS) is 32.4. The lowest BCUT2D eigenvalue weighted by atomic mass is 9.78. The minimum absolute atomic E-state index is 0.114. The van der Waals surface area contributed by atoms with Crippen LogP contribution in [0, 0.1) is 24.2 Å². The molecule has 70 valence electrons. The summed E-state index contributed by atoms with van der Waals surface area (Å²) in [5.74, 6) is 3.55. The summed E-state index contributed by atoms with van der Waals surface area (Å²) in [6, 6.07) is 0. The van der Waals surface area contributed by atoms with Crippen molar-refractivity contribution in [3.05, 3.63) is 0 Å². The van der Waals surface area contributed by atoms with Gasteiger partial charge in [-0.15, -0.1) is 6.42 Å². The summed E-state index contributed by atoms with van der Waals surface area (Å²) in [5, 5.41) is 0. The Morgan fingerprint density at radius 1 is 1.31 bits per heavy atom. The van der Waals surface area contributed by atoms with Crippen LogP contribution in [0.1, 0.15) is 25.7 Å². The smallest absolute Gasteiger partial charge is 0.298 e. The van der Waals surface area contributed by atoms with E-state index >= 15 is 0 Å². The molecule has 1 aliphatic carbocycles. The Hall–Kier alpha value is -0.970. The molecule has 1 amide bonds. The van der Waals surface area contributed by atoms with E-state index in [2.05, 4.69) is 5.92 Å². The summed E-state index contributed by atoms with van der Waals surface area (Å²) in [6.07, 6.45) is 10.3. The molecule has 1 saturated heterocycles. The standard InChI is InChI=1S/C11H15NO/c1-2-11(13)12-7-9-4-3-5-10(6-9)8-12/h1,9-10H,3-8H2. The molecule has 0 aromatic heterocycles. The monoisotopic (exact) mass is 177 g/mol. The molecule has 0 spiro atoms. The number of hydrogen-bond donors (Lipinski definition) is 0. The number of piperidine rings is 1. The summed E-state index contributed by atoms with van der Waals surface area (Å²) >= 11 is 0. The second-order valence-corrected chi connectivity index (χ2v) is 4.25. The Kier molecular flexibility index (Phi) is 2.26. The predicted molar refractivity (Wildman–Crippen MR) is 50.9 cm³/mol. The highest BCUT2D eigenvalue weighted by atomic mass is 16.2. The zero-order valence-corrected chi connectivity index (χ0v) is 7.83. The molecule has 2 nitrogen and oxygen atoms in total. The van der Waals surface area contributed by atoms with E-state index in [4.69, 9.17) is 6.42 Å². The van der Waals surface area contributed by atoms with Crippen LogP contribution < -0.4 is 0 Å². The van der Waals surface area contributed by atoms with Gasteiger partial charge in [0.1, 0.15) is 0 Å². The van der Waals surface area contributed by atoms with Crippen LogP contribution in [0.3, 0.4) is 0 Å². The number of likely N-dealkylation sites (tertiary alicyclic amines) is 1. The Morgan fingerprint density at radius 3 is 2.46 bits per heavy atom. The molecule has 2 aliphatic rings. The number of rotatable bonds is 0. The maximum absolute atomic E-state index is 11.3. The van der Waals surface area contributed by atoms with Gasteiger partial charge in [-0.2, -0.15) is 0 Å². The van der Waals surface area contributed by atoms with Crippen molar-refractivity contribution in [1.82, 2.24) is 4.90 Å². The summed E-state index contributed by atoms with van der Waals surface area (Å²) in [6.45, 7) is 1.80. The largest absolute Gasteiger partial charge is 0.331 e. The Balaban J connectivity index is 2.02. The van der Waals surface area contributed by atoms with E-state index in [0.717, 1.165) is 24.9 Å². The fraction of sp³-hybridized carbons (Fsp3) is 0.727. The van der Waals surface area contributed by atoms with Crippen molar-refractivity contribution in [1.29, 1.82) is 0 Å². The second kappa shape index (κ2) is 3.41. The van der Waals surface area contributed by atoms with Gasteiger partial charge < -0.3 is 4.90 Å². The molecular weight excluding hydrogens is 162 g/mol. The second-order valence-electron chi connectivity index (χ2n) is 4.25. The number of carbonyl (C=O) groups is 1. The highest BCUT2D eigenvalue weighted by molar-refractivity contribution is 5.92. The third-order valence-electron chi connectivity index (χ3n) is 3.26. The van der Waals surface area contributed by atoms with Crippen LogP contribution in [0.25, 0.3) is 0 Å². The van der Waals surface area contributed by atoms with Crippen molar-refractivity contribution >= 4 is 5.91 Å².